The Morgan fingerprint density at radius 3 is 2.50 bits per heavy atom. The fourth-order valence-corrected chi connectivity index (χ4v) is 2.00. The van der Waals surface area contributed by atoms with Gasteiger partial charge in [0.1, 0.15) is 0 Å². The molecular weight excluding hydrogens is 217 g/mol. The third-order valence-electron chi connectivity index (χ3n) is 2.28. The largest absolute Gasteiger partial charge is 0.256 e. The van der Waals surface area contributed by atoms with Gasteiger partial charge < -0.3 is 0 Å². The van der Waals surface area contributed by atoms with Crippen LogP contribution in [0.2, 0.25) is 10.0 Å². The summed E-state index contributed by atoms with van der Waals surface area (Å²) < 4.78 is 0. The second kappa shape index (κ2) is 3.41. The van der Waals surface area contributed by atoms with Gasteiger partial charge in [-0.25, -0.2) is 0 Å². The number of pyridine rings is 1. The molecule has 1 aromatic carbocycles. The van der Waals surface area contributed by atoms with Gasteiger partial charge in [0.2, 0.25) is 0 Å². The number of aryl methyl sites for hydroxylation is 2. The first-order valence-corrected chi connectivity index (χ1v) is 5.07. The van der Waals surface area contributed by atoms with Gasteiger partial charge >= 0.3 is 0 Å². The molecule has 0 atom stereocenters. The van der Waals surface area contributed by atoms with Crippen LogP contribution in [-0.2, 0) is 0 Å². The van der Waals surface area contributed by atoms with Gasteiger partial charge in [0.25, 0.3) is 0 Å². The number of aromatic nitrogens is 1. The molecule has 0 saturated heterocycles. The average Bonchev–Trinajstić information content (AvgIpc) is 2.16. The number of halogens is 2. The van der Waals surface area contributed by atoms with E-state index < -0.39 is 0 Å². The highest BCUT2D eigenvalue weighted by Crippen LogP contribution is 2.32. The first-order valence-electron chi connectivity index (χ1n) is 4.31. The Labute approximate surface area is 92.7 Å². The summed E-state index contributed by atoms with van der Waals surface area (Å²) in [7, 11) is 0. The van der Waals surface area contributed by atoms with E-state index in [1.807, 2.05) is 26.0 Å². The Kier molecular flexibility index (Phi) is 2.38. The average molecular weight is 226 g/mol. The van der Waals surface area contributed by atoms with Crippen molar-refractivity contribution in [3.8, 4) is 0 Å². The first-order chi connectivity index (χ1) is 6.61. The van der Waals surface area contributed by atoms with Gasteiger partial charge in [0, 0.05) is 11.6 Å². The summed E-state index contributed by atoms with van der Waals surface area (Å²) in [6.45, 7) is 3.92. The van der Waals surface area contributed by atoms with Gasteiger partial charge in [0.05, 0.1) is 15.6 Å². The van der Waals surface area contributed by atoms with Crippen molar-refractivity contribution in [2.45, 2.75) is 13.8 Å². The number of hydrogen-bond donors (Lipinski definition) is 0. The maximum Gasteiger partial charge on any atom is 0.0761 e. The second-order valence-corrected chi connectivity index (χ2v) is 4.13. The Balaban J connectivity index is 3.01. The molecule has 2 rings (SSSR count). The topological polar surface area (TPSA) is 12.9 Å². The third-order valence-corrected chi connectivity index (χ3v) is 3.08. The minimum Gasteiger partial charge on any atom is -0.256 e. The van der Waals surface area contributed by atoms with Gasteiger partial charge in [-0.15, -0.1) is 0 Å². The number of benzene rings is 1. The van der Waals surface area contributed by atoms with Crippen molar-refractivity contribution < 1.29 is 0 Å². The van der Waals surface area contributed by atoms with E-state index >= 15 is 0 Å². The van der Waals surface area contributed by atoms with Gasteiger partial charge in [-0.3, -0.25) is 4.98 Å². The molecule has 0 radical (unpaired) electrons. The van der Waals surface area contributed by atoms with Crippen molar-refractivity contribution in [2.75, 3.05) is 0 Å². The Morgan fingerprint density at radius 2 is 1.79 bits per heavy atom. The molecule has 72 valence electrons. The summed E-state index contributed by atoms with van der Waals surface area (Å²) in [5, 5.41) is 2.21. The van der Waals surface area contributed by atoms with Crippen molar-refractivity contribution >= 4 is 34.1 Å². The quantitative estimate of drug-likeness (QED) is 0.657. The summed E-state index contributed by atoms with van der Waals surface area (Å²) in [5.41, 5.74) is 2.92. The van der Waals surface area contributed by atoms with Crippen molar-refractivity contribution in [2.24, 2.45) is 0 Å². The highest BCUT2D eigenvalue weighted by Gasteiger charge is 2.08. The number of rotatable bonds is 0. The molecule has 0 fully saturated rings. The SMILES string of the molecule is Cc1cnc2c(C)ccc(Cl)c2c1Cl. The fraction of sp³-hybridized carbons (Fsp3) is 0.182. The zero-order chi connectivity index (χ0) is 10.3. The molecule has 0 spiro atoms. The number of nitrogens with zero attached hydrogens (tertiary/aromatic N) is 1. The zero-order valence-corrected chi connectivity index (χ0v) is 9.45. The van der Waals surface area contributed by atoms with E-state index in [2.05, 4.69) is 4.98 Å². The summed E-state index contributed by atoms with van der Waals surface area (Å²) >= 11 is 12.3. The van der Waals surface area contributed by atoms with Crippen LogP contribution in [0.3, 0.4) is 0 Å². The summed E-state index contributed by atoms with van der Waals surface area (Å²) in [6.07, 6.45) is 1.77. The molecule has 0 unspecified atom stereocenters. The van der Waals surface area contributed by atoms with Crippen LogP contribution in [0.1, 0.15) is 11.1 Å². The van der Waals surface area contributed by atoms with Gasteiger partial charge in [-0.1, -0.05) is 29.3 Å². The molecule has 0 amide bonds. The van der Waals surface area contributed by atoms with E-state index in [-0.39, 0.29) is 0 Å². The normalized spacial score (nSPS) is 10.9. The summed E-state index contributed by atoms with van der Waals surface area (Å²) in [6, 6.07) is 3.80. The van der Waals surface area contributed by atoms with Crippen LogP contribution in [0, 0.1) is 13.8 Å². The smallest absolute Gasteiger partial charge is 0.0761 e. The molecule has 0 aliphatic carbocycles. The van der Waals surface area contributed by atoms with Gasteiger partial charge in [-0.05, 0) is 31.0 Å². The lowest BCUT2D eigenvalue weighted by Crippen LogP contribution is -1.87. The Bertz CT molecular complexity index is 506. The minimum absolute atomic E-state index is 0.659. The lowest BCUT2D eigenvalue weighted by atomic mass is 10.1. The maximum absolute atomic E-state index is 6.18. The molecule has 0 saturated carbocycles. The van der Waals surface area contributed by atoms with Crippen molar-refractivity contribution in [3.05, 3.63) is 39.5 Å². The molecule has 14 heavy (non-hydrogen) atoms. The molecule has 0 bridgehead atoms. The highest BCUT2D eigenvalue weighted by atomic mass is 35.5. The van der Waals surface area contributed by atoms with E-state index in [9.17, 15) is 0 Å². The van der Waals surface area contributed by atoms with E-state index in [0.717, 1.165) is 22.0 Å². The van der Waals surface area contributed by atoms with Crippen LogP contribution >= 0.6 is 23.2 Å². The molecule has 1 heterocycles. The highest BCUT2D eigenvalue weighted by molar-refractivity contribution is 6.42. The van der Waals surface area contributed by atoms with Crippen molar-refractivity contribution in [1.29, 1.82) is 0 Å². The standard InChI is InChI=1S/C11H9Cl2N/c1-6-3-4-8(12)9-10(13)7(2)5-14-11(6)9/h3-5H,1-2H3. The fourth-order valence-electron chi connectivity index (χ4n) is 1.46. The van der Waals surface area contributed by atoms with Crippen molar-refractivity contribution in [1.82, 2.24) is 4.98 Å². The molecule has 3 heteroatoms. The van der Waals surface area contributed by atoms with E-state index in [1.54, 1.807) is 6.20 Å². The Morgan fingerprint density at radius 1 is 1.07 bits per heavy atom. The summed E-state index contributed by atoms with van der Waals surface area (Å²) in [4.78, 5) is 4.33. The monoisotopic (exact) mass is 225 g/mol. The molecule has 0 aliphatic rings. The summed E-state index contributed by atoms with van der Waals surface area (Å²) in [5.74, 6) is 0. The van der Waals surface area contributed by atoms with E-state index in [1.165, 1.54) is 0 Å². The lowest BCUT2D eigenvalue weighted by Gasteiger charge is -2.07. The second-order valence-electron chi connectivity index (χ2n) is 3.34. The van der Waals surface area contributed by atoms with Crippen LogP contribution in [0.4, 0.5) is 0 Å². The predicted molar refractivity (Wildman–Crippen MR) is 61.2 cm³/mol. The molecule has 0 aliphatic heterocycles. The third kappa shape index (κ3) is 1.37. The first kappa shape index (κ1) is 9.75. The molecule has 0 N–H and O–H groups in total. The number of hydrogen-bond acceptors (Lipinski definition) is 1. The predicted octanol–water partition coefficient (Wildman–Crippen LogP) is 4.16. The van der Waals surface area contributed by atoms with E-state index in [4.69, 9.17) is 23.2 Å². The van der Waals surface area contributed by atoms with Gasteiger partial charge in [0.15, 0.2) is 0 Å². The van der Waals surface area contributed by atoms with Gasteiger partial charge in [-0.2, -0.15) is 0 Å². The number of fused-ring (bicyclic) bond motifs is 1. The molecule has 2 aromatic rings. The molecule has 1 aromatic heterocycles. The zero-order valence-electron chi connectivity index (χ0n) is 7.94. The lowest BCUT2D eigenvalue weighted by molar-refractivity contribution is 1.31. The Hall–Kier alpha value is -0.790. The van der Waals surface area contributed by atoms with Crippen LogP contribution < -0.4 is 0 Å². The van der Waals surface area contributed by atoms with Crippen LogP contribution in [0.5, 0.6) is 0 Å². The van der Waals surface area contributed by atoms with E-state index in [0.29, 0.717) is 10.0 Å². The maximum atomic E-state index is 6.18. The van der Waals surface area contributed by atoms with Crippen LogP contribution in [-0.4, -0.2) is 4.98 Å². The molecular formula is C11H9Cl2N. The van der Waals surface area contributed by atoms with Crippen LogP contribution in [0.25, 0.3) is 10.9 Å². The molecule has 1 nitrogen and oxygen atoms in total. The van der Waals surface area contributed by atoms with Crippen LogP contribution in [0.15, 0.2) is 18.3 Å². The minimum atomic E-state index is 0.659. The van der Waals surface area contributed by atoms with Crippen molar-refractivity contribution in [3.63, 3.8) is 0 Å².